The molecule has 144 valence electrons. The van der Waals surface area contributed by atoms with Crippen LogP contribution in [0.5, 0.6) is 5.75 Å². The zero-order chi connectivity index (χ0) is 17.7. The van der Waals surface area contributed by atoms with Gasteiger partial charge in [-0.15, -0.1) is 12.4 Å². The molecule has 1 saturated heterocycles. The van der Waals surface area contributed by atoms with Crippen molar-refractivity contribution < 1.29 is 31.1 Å². The number of piperazine rings is 1. The van der Waals surface area contributed by atoms with E-state index in [1.54, 1.807) is 0 Å². The summed E-state index contributed by atoms with van der Waals surface area (Å²) in [7, 11) is 0. The van der Waals surface area contributed by atoms with Crippen molar-refractivity contribution in [2.75, 3.05) is 26.2 Å². The third-order valence-corrected chi connectivity index (χ3v) is 3.77. The fourth-order valence-corrected chi connectivity index (χ4v) is 2.62. The molecule has 0 aliphatic carbocycles. The van der Waals surface area contributed by atoms with Crippen LogP contribution >= 0.6 is 12.4 Å². The van der Waals surface area contributed by atoms with Crippen LogP contribution in [0.3, 0.4) is 0 Å². The summed E-state index contributed by atoms with van der Waals surface area (Å²) in [5.74, 6) is -0.444. The smallest absolute Gasteiger partial charge is 0.428 e. The molecular formula is C15H19ClF6N2O. The molecule has 1 heterocycles. The van der Waals surface area contributed by atoms with Crippen LogP contribution in [0.1, 0.15) is 18.0 Å². The van der Waals surface area contributed by atoms with Crippen molar-refractivity contribution in [2.24, 2.45) is 0 Å². The van der Waals surface area contributed by atoms with Gasteiger partial charge >= 0.3 is 12.5 Å². The van der Waals surface area contributed by atoms with Crippen molar-refractivity contribution in [3.8, 4) is 5.75 Å². The number of hydrogen-bond acceptors (Lipinski definition) is 3. The summed E-state index contributed by atoms with van der Waals surface area (Å²) in [5, 5.41) is 3.12. The Bertz CT molecular complexity index is 511. The van der Waals surface area contributed by atoms with Crippen LogP contribution in [0.2, 0.25) is 0 Å². The Labute approximate surface area is 147 Å². The van der Waals surface area contributed by atoms with Crippen LogP contribution in [0, 0.1) is 0 Å². The van der Waals surface area contributed by atoms with Gasteiger partial charge in [0.25, 0.3) is 0 Å². The van der Waals surface area contributed by atoms with Gasteiger partial charge in [-0.3, -0.25) is 4.90 Å². The molecule has 0 unspecified atom stereocenters. The Morgan fingerprint density at radius 3 is 2.08 bits per heavy atom. The fraction of sp³-hybridized carbons (Fsp3) is 0.600. The maximum absolute atomic E-state index is 12.9. The molecular weight excluding hydrogens is 374 g/mol. The van der Waals surface area contributed by atoms with Gasteiger partial charge in [-0.05, 0) is 17.7 Å². The Hall–Kier alpha value is -1.19. The molecule has 1 N–H and O–H groups in total. The molecule has 0 aromatic heterocycles. The normalized spacial score (nSPS) is 17.4. The lowest BCUT2D eigenvalue weighted by molar-refractivity contribution is -0.253. The van der Waals surface area contributed by atoms with Crippen LogP contribution in [0.15, 0.2) is 24.3 Å². The highest BCUT2D eigenvalue weighted by Crippen LogP contribution is 2.31. The standard InChI is InChI=1S/C15H18F6N2O.ClH/c16-13(17)9-12(23-7-5-22-6-8-23)10-1-3-11(4-2-10)24-15(20,21)14(18)19;/h1-4,12-14,22H,5-9H2;1H/t12-;/m0./s1. The van der Waals surface area contributed by atoms with Gasteiger partial charge in [-0.2, -0.15) is 17.6 Å². The monoisotopic (exact) mass is 392 g/mol. The molecule has 0 bridgehead atoms. The fourth-order valence-electron chi connectivity index (χ4n) is 2.62. The average Bonchev–Trinajstić information content (AvgIpc) is 2.54. The maximum atomic E-state index is 12.9. The van der Waals surface area contributed by atoms with E-state index in [4.69, 9.17) is 0 Å². The van der Waals surface area contributed by atoms with Crippen molar-refractivity contribution in [1.29, 1.82) is 0 Å². The van der Waals surface area contributed by atoms with Gasteiger partial charge in [-0.25, -0.2) is 8.78 Å². The number of halogens is 7. The molecule has 1 aliphatic rings. The van der Waals surface area contributed by atoms with Crippen molar-refractivity contribution in [2.45, 2.75) is 31.4 Å². The summed E-state index contributed by atoms with van der Waals surface area (Å²) in [4.78, 5) is 1.88. The maximum Gasteiger partial charge on any atom is 0.461 e. The van der Waals surface area contributed by atoms with Crippen LogP contribution in [-0.2, 0) is 0 Å². The lowest BCUT2D eigenvalue weighted by Crippen LogP contribution is -2.45. The van der Waals surface area contributed by atoms with E-state index in [0.29, 0.717) is 31.7 Å². The van der Waals surface area contributed by atoms with E-state index in [2.05, 4.69) is 10.1 Å². The molecule has 3 nitrogen and oxygen atoms in total. The van der Waals surface area contributed by atoms with E-state index in [0.717, 1.165) is 12.1 Å². The van der Waals surface area contributed by atoms with Crippen LogP contribution in [0.25, 0.3) is 0 Å². The second-order valence-electron chi connectivity index (χ2n) is 5.46. The number of nitrogens with one attached hydrogen (secondary N) is 1. The zero-order valence-corrected chi connectivity index (χ0v) is 13.9. The third kappa shape index (κ3) is 6.23. The van der Waals surface area contributed by atoms with Crippen LogP contribution < -0.4 is 10.1 Å². The van der Waals surface area contributed by atoms with Crippen molar-refractivity contribution in [1.82, 2.24) is 10.2 Å². The highest BCUT2D eigenvalue weighted by molar-refractivity contribution is 5.85. The summed E-state index contributed by atoms with van der Waals surface area (Å²) in [6.07, 6.45) is -11.5. The second-order valence-corrected chi connectivity index (χ2v) is 5.46. The van der Waals surface area contributed by atoms with Gasteiger partial charge in [0.15, 0.2) is 0 Å². The van der Waals surface area contributed by atoms with Gasteiger partial charge < -0.3 is 10.1 Å². The third-order valence-electron chi connectivity index (χ3n) is 3.77. The molecule has 2 rings (SSSR count). The van der Waals surface area contributed by atoms with Crippen molar-refractivity contribution in [3.63, 3.8) is 0 Å². The molecule has 1 fully saturated rings. The summed E-state index contributed by atoms with van der Waals surface area (Å²) in [5.41, 5.74) is 0.505. The van der Waals surface area contributed by atoms with E-state index in [1.807, 2.05) is 4.90 Å². The number of rotatable bonds is 7. The molecule has 0 radical (unpaired) electrons. The first-order valence-electron chi connectivity index (χ1n) is 7.47. The first-order valence-corrected chi connectivity index (χ1v) is 7.47. The van der Waals surface area contributed by atoms with E-state index in [-0.39, 0.29) is 12.4 Å². The Kier molecular flexibility index (Phi) is 8.30. The van der Waals surface area contributed by atoms with Crippen molar-refractivity contribution in [3.05, 3.63) is 29.8 Å². The van der Waals surface area contributed by atoms with Gasteiger partial charge in [0.1, 0.15) is 5.75 Å². The molecule has 0 spiro atoms. The minimum Gasteiger partial charge on any atom is -0.428 e. The first-order chi connectivity index (χ1) is 11.3. The molecule has 1 aromatic rings. The van der Waals surface area contributed by atoms with Gasteiger partial charge in [0.2, 0.25) is 6.43 Å². The lowest BCUT2D eigenvalue weighted by atomic mass is 10.0. The largest absolute Gasteiger partial charge is 0.461 e. The van der Waals surface area contributed by atoms with Crippen LogP contribution in [-0.4, -0.2) is 50.0 Å². The summed E-state index contributed by atoms with van der Waals surface area (Å²) in [6, 6.07) is 4.31. The summed E-state index contributed by atoms with van der Waals surface area (Å²) >= 11 is 0. The van der Waals surface area contributed by atoms with Crippen molar-refractivity contribution >= 4 is 12.4 Å². The van der Waals surface area contributed by atoms with Gasteiger partial charge in [-0.1, -0.05) is 12.1 Å². The molecule has 1 aromatic carbocycles. The van der Waals surface area contributed by atoms with E-state index >= 15 is 0 Å². The number of alkyl halides is 6. The molecule has 25 heavy (non-hydrogen) atoms. The van der Waals surface area contributed by atoms with Crippen LogP contribution in [0.4, 0.5) is 26.3 Å². The minimum atomic E-state index is -4.59. The zero-order valence-electron chi connectivity index (χ0n) is 13.1. The topological polar surface area (TPSA) is 24.5 Å². The Morgan fingerprint density at radius 2 is 1.60 bits per heavy atom. The molecule has 0 amide bonds. The molecule has 0 saturated carbocycles. The SMILES string of the molecule is Cl.FC(F)C[C@@H](c1ccc(OC(F)(F)C(F)F)cc1)N1CCNCC1. The summed E-state index contributed by atoms with van der Waals surface area (Å²) in [6.45, 7) is 2.50. The number of ether oxygens (including phenoxy) is 1. The van der Waals surface area contributed by atoms with Gasteiger partial charge in [0.05, 0.1) is 0 Å². The quantitative estimate of drug-likeness (QED) is 0.711. The minimum absolute atomic E-state index is 0. The lowest BCUT2D eigenvalue weighted by Gasteiger charge is -2.35. The Balaban J connectivity index is 0.00000312. The predicted octanol–water partition coefficient (Wildman–Crippen LogP) is 3.95. The number of nitrogens with zero attached hydrogens (tertiary/aromatic N) is 1. The highest BCUT2D eigenvalue weighted by Gasteiger charge is 2.44. The van der Waals surface area contributed by atoms with E-state index in [9.17, 15) is 26.3 Å². The predicted molar refractivity (Wildman–Crippen MR) is 83.1 cm³/mol. The highest BCUT2D eigenvalue weighted by atomic mass is 35.5. The first kappa shape index (κ1) is 21.9. The van der Waals surface area contributed by atoms with E-state index in [1.165, 1.54) is 12.1 Å². The molecule has 1 atom stereocenters. The average molecular weight is 393 g/mol. The second kappa shape index (κ2) is 9.49. The molecule has 1 aliphatic heterocycles. The van der Waals surface area contributed by atoms with E-state index < -0.39 is 37.2 Å². The molecule has 10 heteroatoms. The summed E-state index contributed by atoms with van der Waals surface area (Å²) < 4.78 is 79.7. The number of benzene rings is 1. The van der Waals surface area contributed by atoms with Gasteiger partial charge in [0, 0.05) is 38.6 Å². The Morgan fingerprint density at radius 1 is 1.04 bits per heavy atom. The number of hydrogen-bond donors (Lipinski definition) is 1.